The zero-order valence-electron chi connectivity index (χ0n) is 18.5. The highest BCUT2D eigenvalue weighted by atomic mass is 32.1. The van der Waals surface area contributed by atoms with Crippen molar-refractivity contribution in [2.24, 2.45) is 23.2 Å². The van der Waals surface area contributed by atoms with E-state index in [1.54, 1.807) is 0 Å². The standard InChI is InChI=1S/C20H41NS.C3H8/c1-6-19(9-7-8-14-22)21-13-12-17-10-11-18(15-16(17)2)20(3,4)5;1-3-2/h16-19,21-22H,6-15H2,1-5H3;3H2,1-2H3. The number of nitrogens with one attached hydrogen (secondary N) is 1. The van der Waals surface area contributed by atoms with Gasteiger partial charge in [0.25, 0.3) is 0 Å². The Labute approximate surface area is 165 Å². The Hall–Kier alpha value is 0.310. The van der Waals surface area contributed by atoms with Crippen LogP contribution in [0.5, 0.6) is 0 Å². The van der Waals surface area contributed by atoms with Crippen molar-refractivity contribution in [1.29, 1.82) is 0 Å². The normalized spacial score (nSPS) is 25.2. The molecule has 0 aromatic carbocycles. The first kappa shape index (κ1) is 25.3. The van der Waals surface area contributed by atoms with E-state index in [-0.39, 0.29) is 0 Å². The van der Waals surface area contributed by atoms with Crippen LogP contribution in [0.2, 0.25) is 0 Å². The van der Waals surface area contributed by atoms with Crippen LogP contribution in [0.25, 0.3) is 0 Å². The molecule has 1 N–H and O–H groups in total. The van der Waals surface area contributed by atoms with Gasteiger partial charge < -0.3 is 5.32 Å². The Morgan fingerprint density at radius 2 is 1.72 bits per heavy atom. The molecule has 0 saturated heterocycles. The maximum atomic E-state index is 4.31. The highest BCUT2D eigenvalue weighted by Crippen LogP contribution is 2.43. The lowest BCUT2D eigenvalue weighted by Crippen LogP contribution is -2.34. The molecule has 0 heterocycles. The minimum atomic E-state index is 0.498. The monoisotopic (exact) mass is 371 g/mol. The topological polar surface area (TPSA) is 12.0 Å². The summed E-state index contributed by atoms with van der Waals surface area (Å²) < 4.78 is 0. The van der Waals surface area contributed by atoms with Crippen LogP contribution in [0.3, 0.4) is 0 Å². The van der Waals surface area contributed by atoms with Gasteiger partial charge in [-0.1, -0.05) is 61.3 Å². The molecule has 0 bridgehead atoms. The lowest BCUT2D eigenvalue weighted by atomic mass is 9.65. The minimum Gasteiger partial charge on any atom is -0.314 e. The first-order valence-electron chi connectivity index (χ1n) is 11.1. The number of unbranched alkanes of at least 4 members (excludes halogenated alkanes) is 1. The molecule has 0 radical (unpaired) electrons. The summed E-state index contributed by atoms with van der Waals surface area (Å²) in [6, 6.07) is 0.723. The first-order chi connectivity index (χ1) is 11.8. The van der Waals surface area contributed by atoms with Gasteiger partial charge in [0, 0.05) is 6.04 Å². The molecule has 4 atom stereocenters. The molecule has 2 heteroatoms. The van der Waals surface area contributed by atoms with Crippen molar-refractivity contribution in [3.05, 3.63) is 0 Å². The molecule has 1 aliphatic rings. The lowest BCUT2D eigenvalue weighted by Gasteiger charge is -2.41. The van der Waals surface area contributed by atoms with E-state index < -0.39 is 0 Å². The van der Waals surface area contributed by atoms with E-state index in [1.807, 2.05) is 0 Å². The Morgan fingerprint density at radius 3 is 2.20 bits per heavy atom. The predicted molar refractivity (Wildman–Crippen MR) is 120 cm³/mol. The van der Waals surface area contributed by atoms with Crippen LogP contribution in [-0.4, -0.2) is 18.3 Å². The molecule has 1 aliphatic carbocycles. The van der Waals surface area contributed by atoms with Crippen molar-refractivity contribution in [1.82, 2.24) is 5.32 Å². The zero-order valence-corrected chi connectivity index (χ0v) is 19.4. The van der Waals surface area contributed by atoms with Gasteiger partial charge in [0.2, 0.25) is 0 Å². The van der Waals surface area contributed by atoms with Gasteiger partial charge in [0.15, 0.2) is 0 Å². The molecule has 0 aromatic rings. The maximum Gasteiger partial charge on any atom is 0.00644 e. The highest BCUT2D eigenvalue weighted by molar-refractivity contribution is 7.80. The fourth-order valence-electron chi connectivity index (χ4n) is 4.10. The second-order valence-corrected chi connectivity index (χ2v) is 9.84. The molecule has 152 valence electrons. The van der Waals surface area contributed by atoms with Crippen LogP contribution in [0.1, 0.15) is 106 Å². The van der Waals surface area contributed by atoms with E-state index in [9.17, 15) is 0 Å². The summed E-state index contributed by atoms with van der Waals surface area (Å²) in [6.45, 7) is 17.5. The van der Waals surface area contributed by atoms with Gasteiger partial charge in [-0.25, -0.2) is 0 Å². The summed E-state index contributed by atoms with van der Waals surface area (Å²) in [6.07, 6.45) is 12.1. The van der Waals surface area contributed by atoms with Crippen LogP contribution in [0, 0.1) is 23.2 Å². The largest absolute Gasteiger partial charge is 0.314 e. The van der Waals surface area contributed by atoms with Crippen molar-refractivity contribution in [3.8, 4) is 0 Å². The second kappa shape index (κ2) is 14.4. The van der Waals surface area contributed by atoms with Crippen molar-refractivity contribution >= 4 is 12.6 Å². The van der Waals surface area contributed by atoms with Gasteiger partial charge in [-0.2, -0.15) is 12.6 Å². The first-order valence-corrected chi connectivity index (χ1v) is 11.8. The van der Waals surface area contributed by atoms with E-state index in [4.69, 9.17) is 0 Å². The quantitative estimate of drug-likeness (QED) is 0.318. The van der Waals surface area contributed by atoms with Gasteiger partial charge in [0.1, 0.15) is 0 Å². The molecular formula is C23H49NS. The third kappa shape index (κ3) is 11.6. The number of thiol groups is 1. The van der Waals surface area contributed by atoms with Gasteiger partial charge in [-0.15, -0.1) is 0 Å². The Morgan fingerprint density at radius 1 is 1.08 bits per heavy atom. The summed E-state index contributed by atoms with van der Waals surface area (Å²) in [5.74, 6) is 3.81. The molecule has 4 unspecified atom stereocenters. The molecule has 25 heavy (non-hydrogen) atoms. The predicted octanol–water partition coefficient (Wildman–Crippen LogP) is 7.36. The average Bonchev–Trinajstić information content (AvgIpc) is 2.54. The average molecular weight is 372 g/mol. The third-order valence-corrected chi connectivity index (χ3v) is 6.29. The molecule has 1 nitrogen and oxygen atoms in total. The van der Waals surface area contributed by atoms with E-state index in [0.29, 0.717) is 5.41 Å². The summed E-state index contributed by atoms with van der Waals surface area (Å²) in [7, 11) is 0. The number of hydrogen-bond acceptors (Lipinski definition) is 2. The Balaban J connectivity index is 0.00000178. The minimum absolute atomic E-state index is 0.498. The van der Waals surface area contributed by atoms with Crippen molar-refractivity contribution < 1.29 is 0 Å². The number of rotatable bonds is 9. The Bertz CT molecular complexity index is 297. The van der Waals surface area contributed by atoms with Crippen LogP contribution in [-0.2, 0) is 0 Å². The summed E-state index contributed by atoms with van der Waals surface area (Å²) >= 11 is 4.31. The molecule has 0 aliphatic heterocycles. The fraction of sp³-hybridized carbons (Fsp3) is 1.00. The Kier molecular flexibility index (Phi) is 14.6. The van der Waals surface area contributed by atoms with Crippen molar-refractivity contribution in [2.45, 2.75) is 112 Å². The van der Waals surface area contributed by atoms with Crippen LogP contribution in [0.15, 0.2) is 0 Å². The van der Waals surface area contributed by atoms with Crippen LogP contribution >= 0.6 is 12.6 Å². The molecule has 1 rings (SSSR count). The van der Waals surface area contributed by atoms with Gasteiger partial charge >= 0.3 is 0 Å². The van der Waals surface area contributed by atoms with E-state index in [2.05, 4.69) is 66.4 Å². The molecule has 0 aromatic heterocycles. The van der Waals surface area contributed by atoms with Crippen LogP contribution in [0.4, 0.5) is 0 Å². The van der Waals surface area contributed by atoms with E-state index in [0.717, 1.165) is 29.5 Å². The zero-order chi connectivity index (χ0) is 19.3. The molecule has 0 amide bonds. The van der Waals surface area contributed by atoms with Gasteiger partial charge in [0.05, 0.1) is 0 Å². The molecule has 1 saturated carbocycles. The van der Waals surface area contributed by atoms with Gasteiger partial charge in [-0.3, -0.25) is 0 Å². The summed E-state index contributed by atoms with van der Waals surface area (Å²) in [5.41, 5.74) is 0.498. The summed E-state index contributed by atoms with van der Waals surface area (Å²) in [4.78, 5) is 0. The third-order valence-electron chi connectivity index (χ3n) is 5.97. The van der Waals surface area contributed by atoms with Crippen LogP contribution < -0.4 is 5.32 Å². The highest BCUT2D eigenvalue weighted by Gasteiger charge is 2.33. The maximum absolute atomic E-state index is 4.31. The van der Waals surface area contributed by atoms with E-state index in [1.165, 1.54) is 64.3 Å². The van der Waals surface area contributed by atoms with E-state index >= 15 is 0 Å². The van der Waals surface area contributed by atoms with Crippen molar-refractivity contribution in [3.63, 3.8) is 0 Å². The SMILES string of the molecule is CCC.CCC(CCCCS)NCCC1CCC(C(C)(C)C)CC1C. The van der Waals surface area contributed by atoms with Crippen molar-refractivity contribution in [2.75, 3.05) is 12.3 Å². The summed E-state index contributed by atoms with van der Waals surface area (Å²) in [5, 5.41) is 3.81. The lowest BCUT2D eigenvalue weighted by molar-refractivity contribution is 0.102. The molecular weight excluding hydrogens is 322 g/mol. The number of hydrogen-bond donors (Lipinski definition) is 2. The molecule has 0 spiro atoms. The smallest absolute Gasteiger partial charge is 0.00644 e. The van der Waals surface area contributed by atoms with Gasteiger partial charge in [-0.05, 0) is 80.4 Å². The second-order valence-electron chi connectivity index (χ2n) is 9.39. The molecule has 1 fully saturated rings. The fourth-order valence-corrected chi connectivity index (χ4v) is 4.32.